The van der Waals surface area contributed by atoms with Gasteiger partial charge in [-0.3, -0.25) is 4.90 Å². The van der Waals surface area contributed by atoms with Crippen LogP contribution in [0.1, 0.15) is 24.4 Å². The Labute approximate surface area is 234 Å². The average molecular weight is 554 g/mol. The van der Waals surface area contributed by atoms with Crippen molar-refractivity contribution in [3.63, 3.8) is 0 Å². The molecular weight excluding hydrogens is 522 g/mol. The van der Waals surface area contributed by atoms with E-state index in [2.05, 4.69) is 41.3 Å². The zero-order valence-electron chi connectivity index (χ0n) is 22.5. The number of anilines is 2. The van der Waals surface area contributed by atoms with Gasteiger partial charge in [0.2, 0.25) is 10.0 Å². The smallest absolute Gasteiger partial charge is 0.243 e. The van der Waals surface area contributed by atoms with E-state index in [1.165, 1.54) is 5.56 Å². The Morgan fingerprint density at radius 2 is 1.57 bits per heavy atom. The number of rotatable bonds is 7. The molecule has 10 heteroatoms. The van der Waals surface area contributed by atoms with Crippen LogP contribution in [0, 0.1) is 6.92 Å². The van der Waals surface area contributed by atoms with Crippen LogP contribution < -0.4 is 5.32 Å². The van der Waals surface area contributed by atoms with Crippen LogP contribution in [0.15, 0.2) is 96.2 Å². The summed E-state index contributed by atoms with van der Waals surface area (Å²) in [6.45, 7) is 6.11. The molecule has 1 N–H and O–H groups in total. The minimum absolute atomic E-state index is 0.0821. The molecule has 0 spiro atoms. The third-order valence-corrected chi connectivity index (χ3v) is 9.29. The Kier molecular flexibility index (Phi) is 7.05. The zero-order valence-corrected chi connectivity index (χ0v) is 23.3. The van der Waals surface area contributed by atoms with Gasteiger partial charge in [-0.2, -0.15) is 9.40 Å². The maximum Gasteiger partial charge on any atom is 0.243 e. The second-order valence-electron chi connectivity index (χ2n) is 10.00. The number of piperazine rings is 1. The van der Waals surface area contributed by atoms with Gasteiger partial charge in [-0.25, -0.2) is 23.1 Å². The number of hydrogen-bond donors (Lipinski definition) is 1. The van der Waals surface area contributed by atoms with Crippen LogP contribution >= 0.6 is 0 Å². The van der Waals surface area contributed by atoms with Gasteiger partial charge in [-0.15, -0.1) is 0 Å². The molecule has 3 heterocycles. The average Bonchev–Trinajstić information content (AvgIpc) is 3.53. The first-order valence-corrected chi connectivity index (χ1v) is 14.8. The highest BCUT2D eigenvalue weighted by atomic mass is 32.2. The summed E-state index contributed by atoms with van der Waals surface area (Å²) in [5.74, 6) is 1.47. The maximum absolute atomic E-state index is 13.4. The van der Waals surface area contributed by atoms with Crippen molar-refractivity contribution in [1.82, 2.24) is 29.0 Å². The van der Waals surface area contributed by atoms with E-state index >= 15 is 0 Å². The Bertz CT molecular complexity index is 1710. The highest BCUT2D eigenvalue weighted by Gasteiger charge is 2.31. The third-order valence-electron chi connectivity index (χ3n) is 7.37. The van der Waals surface area contributed by atoms with Crippen LogP contribution in [-0.4, -0.2) is 63.6 Å². The molecular formula is C30H31N7O2S. The lowest BCUT2D eigenvalue weighted by atomic mass is 10.2. The summed E-state index contributed by atoms with van der Waals surface area (Å²) < 4.78 is 30.0. The van der Waals surface area contributed by atoms with Crippen molar-refractivity contribution in [2.45, 2.75) is 24.8 Å². The van der Waals surface area contributed by atoms with E-state index in [1.54, 1.807) is 39.4 Å². The first-order valence-electron chi connectivity index (χ1n) is 13.3. The summed E-state index contributed by atoms with van der Waals surface area (Å²) in [7, 11) is -3.60. The maximum atomic E-state index is 13.4. The number of hydrogen-bond acceptors (Lipinski definition) is 7. The molecule has 2 aromatic heterocycles. The summed E-state index contributed by atoms with van der Waals surface area (Å²) in [6, 6.07) is 24.8. The van der Waals surface area contributed by atoms with Crippen LogP contribution in [0.5, 0.6) is 0 Å². The minimum Gasteiger partial charge on any atom is -0.340 e. The third kappa shape index (κ3) is 5.21. The number of nitrogens with zero attached hydrogens (tertiary/aromatic N) is 6. The van der Waals surface area contributed by atoms with Gasteiger partial charge in [0.05, 0.1) is 22.1 Å². The zero-order chi connectivity index (χ0) is 27.7. The molecule has 6 rings (SSSR count). The predicted octanol–water partition coefficient (Wildman–Crippen LogP) is 4.94. The number of benzene rings is 3. The lowest BCUT2D eigenvalue weighted by Gasteiger charge is -2.36. The largest absolute Gasteiger partial charge is 0.340 e. The van der Waals surface area contributed by atoms with Crippen LogP contribution in [0.4, 0.5) is 11.5 Å². The summed E-state index contributed by atoms with van der Waals surface area (Å²) in [6.07, 6.45) is 3.51. The van der Waals surface area contributed by atoms with Gasteiger partial charge in [0, 0.05) is 49.6 Å². The second kappa shape index (κ2) is 10.8. The molecule has 0 amide bonds. The van der Waals surface area contributed by atoms with E-state index in [0.29, 0.717) is 32.0 Å². The molecule has 1 fully saturated rings. The summed E-state index contributed by atoms with van der Waals surface area (Å²) in [5.41, 5.74) is 3.84. The van der Waals surface area contributed by atoms with Crippen molar-refractivity contribution in [2.24, 2.45) is 0 Å². The lowest BCUT2D eigenvalue weighted by molar-refractivity contribution is 0.141. The minimum atomic E-state index is -3.60. The van der Waals surface area contributed by atoms with Crippen molar-refractivity contribution in [2.75, 3.05) is 31.5 Å². The van der Waals surface area contributed by atoms with E-state index in [1.807, 2.05) is 48.7 Å². The van der Waals surface area contributed by atoms with Crippen LogP contribution in [0.2, 0.25) is 0 Å². The molecule has 1 saturated heterocycles. The molecule has 0 unspecified atom stereocenters. The van der Waals surface area contributed by atoms with Crippen molar-refractivity contribution in [3.8, 4) is 5.69 Å². The van der Waals surface area contributed by atoms with E-state index in [9.17, 15) is 8.42 Å². The van der Waals surface area contributed by atoms with Crippen molar-refractivity contribution >= 4 is 32.4 Å². The van der Waals surface area contributed by atoms with Crippen molar-refractivity contribution in [1.29, 1.82) is 0 Å². The molecule has 3 aromatic carbocycles. The lowest BCUT2D eigenvalue weighted by Crippen LogP contribution is -2.49. The van der Waals surface area contributed by atoms with Gasteiger partial charge in [-0.05, 0) is 68.4 Å². The monoisotopic (exact) mass is 553 g/mol. The number of para-hydroxylation sites is 1. The topological polar surface area (TPSA) is 96.2 Å². The number of nitrogens with one attached hydrogen (secondary N) is 1. The standard InChI is InChI=1S/C30H31N7O2S/c1-22-8-10-24(11-9-22)32-30-27-6-3-4-7-28(27)33-29(34-30)23(2)35-18-20-36(21-19-35)40(38,39)26-14-12-25(13-15-26)37-17-5-16-31-37/h3-17,23H,18-21H2,1-2H3,(H,32,33,34)/t23-/m0/s1. The fraction of sp³-hybridized carbons (Fsp3) is 0.233. The van der Waals surface area contributed by atoms with Crippen LogP contribution in [0.3, 0.4) is 0 Å². The Morgan fingerprint density at radius 1 is 0.850 bits per heavy atom. The molecule has 0 aliphatic carbocycles. The van der Waals surface area contributed by atoms with E-state index in [-0.39, 0.29) is 10.9 Å². The molecule has 0 radical (unpaired) electrons. The van der Waals surface area contributed by atoms with E-state index in [0.717, 1.165) is 28.1 Å². The highest BCUT2D eigenvalue weighted by molar-refractivity contribution is 7.89. The van der Waals surface area contributed by atoms with Gasteiger partial charge < -0.3 is 5.32 Å². The molecule has 1 atom stereocenters. The summed E-state index contributed by atoms with van der Waals surface area (Å²) in [5, 5.41) is 8.62. The first-order chi connectivity index (χ1) is 19.4. The van der Waals surface area contributed by atoms with Crippen molar-refractivity contribution in [3.05, 3.63) is 103 Å². The first kappa shape index (κ1) is 26.1. The highest BCUT2D eigenvalue weighted by Crippen LogP contribution is 2.29. The van der Waals surface area contributed by atoms with Gasteiger partial charge in [0.1, 0.15) is 11.6 Å². The Balaban J connectivity index is 1.18. The molecule has 0 saturated carbocycles. The number of fused-ring (bicyclic) bond motifs is 1. The van der Waals surface area contributed by atoms with E-state index in [4.69, 9.17) is 9.97 Å². The summed E-state index contributed by atoms with van der Waals surface area (Å²) >= 11 is 0. The van der Waals surface area contributed by atoms with Gasteiger partial charge in [0.15, 0.2) is 0 Å². The fourth-order valence-electron chi connectivity index (χ4n) is 4.99. The second-order valence-corrected chi connectivity index (χ2v) is 11.9. The number of aryl methyl sites for hydroxylation is 1. The van der Waals surface area contributed by atoms with Crippen LogP contribution in [0.25, 0.3) is 16.6 Å². The number of aromatic nitrogens is 4. The molecule has 9 nitrogen and oxygen atoms in total. The van der Waals surface area contributed by atoms with Crippen molar-refractivity contribution < 1.29 is 8.42 Å². The molecule has 40 heavy (non-hydrogen) atoms. The molecule has 5 aromatic rings. The fourth-order valence-corrected chi connectivity index (χ4v) is 6.41. The molecule has 204 valence electrons. The van der Waals surface area contributed by atoms with Gasteiger partial charge in [0.25, 0.3) is 0 Å². The Hall–Kier alpha value is -4.12. The van der Waals surface area contributed by atoms with Gasteiger partial charge >= 0.3 is 0 Å². The SMILES string of the molecule is Cc1ccc(Nc2nc([C@H](C)N3CCN(S(=O)(=O)c4ccc(-n5cccn5)cc4)CC3)nc3ccccc23)cc1. The molecule has 0 bridgehead atoms. The Morgan fingerprint density at radius 3 is 2.27 bits per heavy atom. The normalized spacial score (nSPS) is 15.8. The van der Waals surface area contributed by atoms with E-state index < -0.39 is 10.0 Å². The summed E-state index contributed by atoms with van der Waals surface area (Å²) in [4.78, 5) is 12.3. The molecule has 1 aliphatic heterocycles. The van der Waals surface area contributed by atoms with Gasteiger partial charge in [-0.1, -0.05) is 29.8 Å². The number of sulfonamides is 1. The molecule has 1 aliphatic rings. The van der Waals surface area contributed by atoms with Crippen LogP contribution in [-0.2, 0) is 10.0 Å². The quantitative estimate of drug-likeness (QED) is 0.305. The predicted molar refractivity (Wildman–Crippen MR) is 156 cm³/mol.